The molecule has 2 aromatic carbocycles. The molecule has 0 saturated carbocycles. The Bertz CT molecular complexity index is 822. The first-order chi connectivity index (χ1) is 14.5. The van der Waals surface area contributed by atoms with Gasteiger partial charge in [-0.25, -0.2) is 0 Å². The van der Waals surface area contributed by atoms with Crippen LogP contribution in [0.4, 0.5) is 0 Å². The maximum atomic E-state index is 10.0. The van der Waals surface area contributed by atoms with Gasteiger partial charge in [-0.05, 0) is 62.1 Å². The van der Waals surface area contributed by atoms with Crippen LogP contribution in [0.15, 0.2) is 46.7 Å². The number of aromatic hydroxyl groups is 2. The predicted octanol–water partition coefficient (Wildman–Crippen LogP) is 4.51. The van der Waals surface area contributed by atoms with Crippen molar-refractivity contribution in [2.75, 3.05) is 14.2 Å². The van der Waals surface area contributed by atoms with Crippen molar-refractivity contribution in [3.8, 4) is 23.0 Å². The van der Waals surface area contributed by atoms with E-state index in [0.29, 0.717) is 46.9 Å². The molecule has 0 fully saturated rings. The molecule has 8 heteroatoms. The minimum absolute atomic E-state index is 0.0329. The van der Waals surface area contributed by atoms with E-state index in [1.165, 1.54) is 26.4 Å². The van der Waals surface area contributed by atoms with Gasteiger partial charge in [0.2, 0.25) is 0 Å². The second-order valence-corrected chi connectivity index (χ2v) is 6.77. The van der Waals surface area contributed by atoms with Crippen molar-refractivity contribution >= 4 is 11.4 Å². The van der Waals surface area contributed by atoms with Gasteiger partial charge in [0.15, 0.2) is 0 Å². The average Bonchev–Trinajstić information content (AvgIpc) is 2.77. The lowest BCUT2D eigenvalue weighted by Gasteiger charge is -2.10. The van der Waals surface area contributed by atoms with Gasteiger partial charge in [0.1, 0.15) is 23.0 Å². The van der Waals surface area contributed by atoms with Crippen molar-refractivity contribution in [1.29, 1.82) is 0 Å². The molecular formula is C22H28N2O6. The maximum absolute atomic E-state index is 10.0. The molecule has 2 rings (SSSR count). The fourth-order valence-electron chi connectivity index (χ4n) is 3.16. The van der Waals surface area contributed by atoms with Crippen molar-refractivity contribution in [1.82, 2.24) is 0 Å². The number of benzene rings is 2. The van der Waals surface area contributed by atoms with E-state index >= 15 is 0 Å². The van der Waals surface area contributed by atoms with E-state index in [9.17, 15) is 20.6 Å². The molecule has 0 aliphatic rings. The number of methoxy groups -OCH3 is 2. The molecule has 0 unspecified atom stereocenters. The molecule has 0 spiro atoms. The van der Waals surface area contributed by atoms with E-state index in [2.05, 4.69) is 10.3 Å². The fraction of sp³-hybridized carbons (Fsp3) is 0.364. The monoisotopic (exact) mass is 416 g/mol. The minimum atomic E-state index is 0.0329. The number of hydrogen-bond acceptors (Lipinski definition) is 8. The van der Waals surface area contributed by atoms with Crippen LogP contribution >= 0.6 is 0 Å². The van der Waals surface area contributed by atoms with Crippen molar-refractivity contribution in [2.45, 2.75) is 38.5 Å². The van der Waals surface area contributed by atoms with Crippen LogP contribution in [0.2, 0.25) is 0 Å². The number of rotatable bonds is 11. The van der Waals surface area contributed by atoms with Crippen LogP contribution in [-0.2, 0) is 0 Å². The Hall–Kier alpha value is -3.42. The summed E-state index contributed by atoms with van der Waals surface area (Å²) in [4.78, 5) is 0. The highest BCUT2D eigenvalue weighted by atomic mass is 16.5. The van der Waals surface area contributed by atoms with Gasteiger partial charge in [-0.2, -0.15) is 0 Å². The van der Waals surface area contributed by atoms with Crippen LogP contribution in [-0.4, -0.2) is 46.3 Å². The molecule has 2 aromatic rings. The summed E-state index contributed by atoms with van der Waals surface area (Å²) in [6.45, 7) is 0. The summed E-state index contributed by atoms with van der Waals surface area (Å²) < 4.78 is 10.3. The molecule has 4 N–H and O–H groups in total. The van der Waals surface area contributed by atoms with E-state index in [0.717, 1.165) is 25.7 Å². The number of unbranched alkanes of at least 4 members (excludes halogenated alkanes) is 3. The van der Waals surface area contributed by atoms with E-state index in [4.69, 9.17) is 9.47 Å². The van der Waals surface area contributed by atoms with E-state index in [1.54, 1.807) is 24.3 Å². The van der Waals surface area contributed by atoms with Gasteiger partial charge in [-0.3, -0.25) is 0 Å². The van der Waals surface area contributed by atoms with Gasteiger partial charge in [-0.15, -0.1) is 0 Å². The molecule has 162 valence electrons. The predicted molar refractivity (Wildman–Crippen MR) is 114 cm³/mol. The summed E-state index contributed by atoms with van der Waals surface area (Å²) in [5.41, 5.74) is 1.68. The quantitative estimate of drug-likeness (QED) is 0.185. The number of hydrogen-bond donors (Lipinski definition) is 4. The van der Waals surface area contributed by atoms with Crippen molar-refractivity contribution in [2.24, 2.45) is 10.3 Å². The van der Waals surface area contributed by atoms with Gasteiger partial charge in [-0.1, -0.05) is 23.2 Å². The third-order valence-corrected chi connectivity index (χ3v) is 4.85. The van der Waals surface area contributed by atoms with Crippen molar-refractivity contribution in [3.63, 3.8) is 0 Å². The van der Waals surface area contributed by atoms with Gasteiger partial charge in [0.25, 0.3) is 0 Å². The topological polar surface area (TPSA) is 124 Å². The normalized spacial score (nSPS) is 12.1. The second kappa shape index (κ2) is 11.5. The molecular weight excluding hydrogens is 388 g/mol. The molecule has 30 heavy (non-hydrogen) atoms. The van der Waals surface area contributed by atoms with Gasteiger partial charge in [0.05, 0.1) is 25.6 Å². The summed E-state index contributed by atoms with van der Waals surface area (Å²) in [5.74, 6) is 1.21. The highest BCUT2D eigenvalue weighted by molar-refractivity contribution is 6.03. The summed E-state index contributed by atoms with van der Waals surface area (Å²) in [6, 6.07) is 9.54. The lowest BCUT2D eigenvalue weighted by atomic mass is 9.99. The Morgan fingerprint density at radius 1 is 0.700 bits per heavy atom. The Balaban J connectivity index is 1.84. The van der Waals surface area contributed by atoms with Crippen molar-refractivity contribution < 1.29 is 30.1 Å². The van der Waals surface area contributed by atoms with Crippen LogP contribution in [0, 0.1) is 0 Å². The van der Waals surface area contributed by atoms with Crippen LogP contribution in [0.3, 0.4) is 0 Å². The van der Waals surface area contributed by atoms with Crippen LogP contribution in [0.25, 0.3) is 0 Å². The number of oxime groups is 2. The Labute approximate surface area is 175 Å². The van der Waals surface area contributed by atoms with E-state index in [1.807, 2.05) is 0 Å². The summed E-state index contributed by atoms with van der Waals surface area (Å²) in [5, 5.41) is 45.3. The molecule has 0 aromatic heterocycles. The molecule has 0 aliphatic heterocycles. The first-order valence-electron chi connectivity index (χ1n) is 9.70. The zero-order valence-electron chi connectivity index (χ0n) is 17.2. The Kier molecular flexibility index (Phi) is 8.80. The molecule has 8 nitrogen and oxygen atoms in total. The Morgan fingerprint density at radius 3 is 1.43 bits per heavy atom. The first kappa shape index (κ1) is 22.9. The largest absolute Gasteiger partial charge is 0.507 e. The average molecular weight is 416 g/mol. The van der Waals surface area contributed by atoms with E-state index in [-0.39, 0.29) is 11.5 Å². The van der Waals surface area contributed by atoms with Gasteiger partial charge < -0.3 is 30.1 Å². The summed E-state index contributed by atoms with van der Waals surface area (Å²) >= 11 is 0. The third kappa shape index (κ3) is 6.04. The number of nitrogens with zero attached hydrogens (tertiary/aromatic N) is 2. The standard InChI is InChI=1S/C22H28N2O6/c1-29-15-9-11-21(25)17(13-15)19(23-27)7-5-3-4-6-8-20(24-28)18-14-16(30-2)10-12-22(18)26/h9-14,25-28H,3-8H2,1-2H3. The second-order valence-electron chi connectivity index (χ2n) is 6.77. The number of phenolic OH excluding ortho intramolecular Hbond substituents is 2. The molecule has 0 atom stereocenters. The first-order valence-corrected chi connectivity index (χ1v) is 9.70. The van der Waals surface area contributed by atoms with Gasteiger partial charge in [0, 0.05) is 11.1 Å². The summed E-state index contributed by atoms with van der Waals surface area (Å²) in [6.07, 6.45) is 4.21. The van der Waals surface area contributed by atoms with Crippen LogP contribution in [0.1, 0.15) is 49.7 Å². The highest BCUT2D eigenvalue weighted by Gasteiger charge is 2.13. The molecule has 0 amide bonds. The lowest BCUT2D eigenvalue weighted by Crippen LogP contribution is -2.03. The van der Waals surface area contributed by atoms with E-state index < -0.39 is 0 Å². The highest BCUT2D eigenvalue weighted by Crippen LogP contribution is 2.27. The van der Waals surface area contributed by atoms with Crippen LogP contribution in [0.5, 0.6) is 23.0 Å². The molecule has 0 radical (unpaired) electrons. The summed E-state index contributed by atoms with van der Waals surface area (Å²) in [7, 11) is 3.06. The number of ether oxygens (including phenoxy) is 2. The lowest BCUT2D eigenvalue weighted by molar-refractivity contribution is 0.317. The van der Waals surface area contributed by atoms with Crippen LogP contribution < -0.4 is 9.47 Å². The molecule has 0 saturated heterocycles. The molecule has 0 aliphatic carbocycles. The molecule has 0 bridgehead atoms. The SMILES string of the molecule is COc1ccc(O)c(C(CCCCCCC(=NO)c2cc(OC)ccc2O)=NO)c1. The zero-order valence-corrected chi connectivity index (χ0v) is 17.2. The molecule has 0 heterocycles. The van der Waals surface area contributed by atoms with Crippen molar-refractivity contribution in [3.05, 3.63) is 47.5 Å². The smallest absolute Gasteiger partial charge is 0.125 e. The zero-order chi connectivity index (χ0) is 21.9. The fourth-order valence-corrected chi connectivity index (χ4v) is 3.16. The third-order valence-electron chi connectivity index (χ3n) is 4.85. The minimum Gasteiger partial charge on any atom is -0.507 e. The maximum Gasteiger partial charge on any atom is 0.125 e. The van der Waals surface area contributed by atoms with Gasteiger partial charge >= 0.3 is 0 Å². The Morgan fingerprint density at radius 2 is 1.10 bits per heavy atom. The number of phenols is 2.